The fourth-order valence-electron chi connectivity index (χ4n) is 4.50. The first-order valence-corrected chi connectivity index (χ1v) is 10.4. The number of carboxylic acid groups (broad SMARTS) is 1. The molecule has 0 aliphatic heterocycles. The molecule has 5 nitrogen and oxygen atoms in total. The zero-order valence-corrected chi connectivity index (χ0v) is 17.4. The number of hydrogen-bond acceptors (Lipinski definition) is 3. The number of ketones is 1. The highest BCUT2D eigenvalue weighted by atomic mass is 35.5. The van der Waals surface area contributed by atoms with Crippen molar-refractivity contribution >= 4 is 28.9 Å². The van der Waals surface area contributed by atoms with Crippen molar-refractivity contribution in [3.8, 4) is 0 Å². The number of carboxylic acids is 1. The molecule has 2 aromatic heterocycles. The summed E-state index contributed by atoms with van der Waals surface area (Å²) in [5.41, 5.74) is -0.613. The lowest BCUT2D eigenvalue weighted by Crippen LogP contribution is -2.31. The van der Waals surface area contributed by atoms with E-state index < -0.39 is 47.0 Å². The molecule has 2 heterocycles. The number of carbonyl (C=O) groups is 2. The number of benzene rings is 1. The molecule has 0 spiro atoms. The molecule has 3 unspecified atom stereocenters. The van der Waals surface area contributed by atoms with E-state index in [1.54, 1.807) is 24.4 Å². The quantitative estimate of drug-likeness (QED) is 0.521. The Kier molecular flexibility index (Phi) is 5.77. The first-order chi connectivity index (χ1) is 15.1. The average Bonchev–Trinajstić information content (AvgIpc) is 3.12. The Morgan fingerprint density at radius 2 is 1.84 bits per heavy atom. The van der Waals surface area contributed by atoms with Crippen LogP contribution < -0.4 is 0 Å². The van der Waals surface area contributed by atoms with Crippen LogP contribution in [0, 0.1) is 5.92 Å². The highest BCUT2D eigenvalue weighted by Gasteiger charge is 2.38. The largest absolute Gasteiger partial charge is 0.481 e. The number of aromatic nitrogens is 1. The lowest BCUT2D eigenvalue weighted by Gasteiger charge is -2.31. The van der Waals surface area contributed by atoms with Crippen molar-refractivity contribution in [2.45, 2.75) is 37.5 Å². The molecule has 1 aromatic carbocycles. The van der Waals surface area contributed by atoms with Gasteiger partial charge in [0.25, 0.3) is 0 Å². The van der Waals surface area contributed by atoms with E-state index in [4.69, 9.17) is 11.6 Å². The van der Waals surface area contributed by atoms with E-state index in [2.05, 4.69) is 0 Å². The van der Waals surface area contributed by atoms with Gasteiger partial charge in [-0.1, -0.05) is 23.7 Å². The molecule has 168 valence electrons. The summed E-state index contributed by atoms with van der Waals surface area (Å²) in [4.78, 5) is 24.6. The molecule has 1 saturated carbocycles. The Morgan fingerprint density at radius 3 is 2.50 bits per heavy atom. The fraction of sp³-hybridized carbons (Fsp3) is 0.304. The summed E-state index contributed by atoms with van der Waals surface area (Å²) < 4.78 is 42.2. The van der Waals surface area contributed by atoms with Gasteiger partial charge in [0.1, 0.15) is 0 Å². The standard InChI is InChI=1S/C23H19ClF3NO4/c24-16-5-3-4-15(23(25,26)27)20(16)21(30)18-11-14(17-6-1-2-9-28(17)18)13-8-7-12(22(31)32)10-19(13)29/h1-6,9,11-13,19,29H,7-8,10H2,(H,31,32). The molecule has 1 aliphatic carbocycles. The van der Waals surface area contributed by atoms with Gasteiger partial charge in [0.2, 0.25) is 5.78 Å². The summed E-state index contributed by atoms with van der Waals surface area (Å²) in [6, 6.07) is 9.74. The lowest BCUT2D eigenvalue weighted by atomic mass is 9.76. The summed E-state index contributed by atoms with van der Waals surface area (Å²) in [5.74, 6) is -2.96. The molecule has 1 aliphatic rings. The molecule has 2 N–H and O–H groups in total. The predicted octanol–water partition coefficient (Wildman–Crippen LogP) is 5.17. The predicted molar refractivity (Wildman–Crippen MR) is 111 cm³/mol. The zero-order chi connectivity index (χ0) is 23.2. The first kappa shape index (κ1) is 22.4. The summed E-state index contributed by atoms with van der Waals surface area (Å²) in [5, 5.41) is 19.6. The van der Waals surface area contributed by atoms with Gasteiger partial charge in [-0.25, -0.2) is 0 Å². The van der Waals surface area contributed by atoms with Crippen LogP contribution in [-0.2, 0) is 11.0 Å². The summed E-state index contributed by atoms with van der Waals surface area (Å²) >= 11 is 6.03. The Bertz CT molecular complexity index is 1200. The van der Waals surface area contributed by atoms with Crippen molar-refractivity contribution < 1.29 is 33.0 Å². The van der Waals surface area contributed by atoms with Gasteiger partial charge in [-0.15, -0.1) is 0 Å². The maximum atomic E-state index is 13.6. The van der Waals surface area contributed by atoms with Gasteiger partial charge in [0, 0.05) is 17.6 Å². The third-order valence-electron chi connectivity index (χ3n) is 6.05. The maximum Gasteiger partial charge on any atom is 0.417 e. The molecule has 3 atom stereocenters. The summed E-state index contributed by atoms with van der Waals surface area (Å²) in [6.45, 7) is 0. The van der Waals surface area contributed by atoms with Crippen molar-refractivity contribution in [1.29, 1.82) is 0 Å². The highest BCUT2D eigenvalue weighted by molar-refractivity contribution is 6.35. The number of fused-ring (bicyclic) bond motifs is 1. The molecule has 0 saturated heterocycles. The van der Waals surface area contributed by atoms with Crippen LogP contribution in [0.15, 0.2) is 48.7 Å². The minimum absolute atomic E-state index is 0.0123. The molecular formula is C23H19ClF3NO4. The second-order valence-corrected chi connectivity index (χ2v) is 8.36. The third kappa shape index (κ3) is 3.89. The van der Waals surface area contributed by atoms with Crippen LogP contribution in [0.2, 0.25) is 5.02 Å². The number of nitrogens with zero attached hydrogens (tertiary/aromatic N) is 1. The lowest BCUT2D eigenvalue weighted by molar-refractivity contribution is -0.144. The monoisotopic (exact) mass is 465 g/mol. The molecule has 1 fully saturated rings. The smallest absolute Gasteiger partial charge is 0.417 e. The van der Waals surface area contributed by atoms with Crippen molar-refractivity contribution in [2.24, 2.45) is 5.92 Å². The van der Waals surface area contributed by atoms with Gasteiger partial charge in [0.05, 0.1) is 33.9 Å². The van der Waals surface area contributed by atoms with Crippen LogP contribution >= 0.6 is 11.6 Å². The SMILES string of the molecule is O=C(c1c(Cl)cccc1C(F)(F)F)c1cc(C2CCC(C(=O)O)CC2O)c2ccccn12. The van der Waals surface area contributed by atoms with Gasteiger partial charge >= 0.3 is 12.1 Å². The highest BCUT2D eigenvalue weighted by Crippen LogP contribution is 2.41. The van der Waals surface area contributed by atoms with Crippen molar-refractivity contribution in [2.75, 3.05) is 0 Å². The number of aliphatic hydroxyl groups excluding tert-OH is 1. The van der Waals surface area contributed by atoms with Crippen molar-refractivity contribution in [3.05, 3.63) is 76.1 Å². The number of aliphatic carboxylic acids is 1. The topological polar surface area (TPSA) is 79.0 Å². The number of alkyl halides is 3. The van der Waals surface area contributed by atoms with Crippen LogP contribution in [-0.4, -0.2) is 32.5 Å². The van der Waals surface area contributed by atoms with Gasteiger partial charge in [-0.3, -0.25) is 9.59 Å². The molecule has 4 rings (SSSR count). The molecule has 0 bridgehead atoms. The Hall–Kier alpha value is -2.84. The molecule has 3 aromatic rings. The Labute approximate surface area is 186 Å². The normalized spacial score (nSPS) is 21.6. The second-order valence-electron chi connectivity index (χ2n) is 7.95. The molecule has 0 amide bonds. The minimum Gasteiger partial charge on any atom is -0.481 e. The van der Waals surface area contributed by atoms with E-state index in [1.165, 1.54) is 16.5 Å². The van der Waals surface area contributed by atoms with E-state index in [0.717, 1.165) is 12.1 Å². The van der Waals surface area contributed by atoms with Crippen molar-refractivity contribution in [3.63, 3.8) is 0 Å². The van der Waals surface area contributed by atoms with Crippen LogP contribution in [0.4, 0.5) is 13.2 Å². The van der Waals surface area contributed by atoms with E-state index in [1.807, 2.05) is 0 Å². The van der Waals surface area contributed by atoms with Crippen molar-refractivity contribution in [1.82, 2.24) is 4.40 Å². The number of halogens is 4. The summed E-state index contributed by atoms with van der Waals surface area (Å²) in [6.07, 6.45) is -3.36. The van der Waals surface area contributed by atoms with Gasteiger partial charge in [-0.2, -0.15) is 13.2 Å². The van der Waals surface area contributed by atoms with E-state index in [9.17, 15) is 33.0 Å². The second kappa shape index (κ2) is 8.26. The average molecular weight is 466 g/mol. The molecular weight excluding hydrogens is 447 g/mol. The van der Waals surface area contributed by atoms with Gasteiger partial charge in [0.15, 0.2) is 0 Å². The minimum atomic E-state index is -4.77. The maximum absolute atomic E-state index is 13.6. The Balaban J connectivity index is 1.82. The van der Waals surface area contributed by atoms with Crippen LogP contribution in [0.25, 0.3) is 5.52 Å². The van der Waals surface area contributed by atoms with E-state index in [0.29, 0.717) is 23.9 Å². The van der Waals surface area contributed by atoms with Crippen LogP contribution in [0.5, 0.6) is 0 Å². The fourth-order valence-corrected chi connectivity index (χ4v) is 4.76. The van der Waals surface area contributed by atoms with Crippen LogP contribution in [0.3, 0.4) is 0 Å². The first-order valence-electron chi connectivity index (χ1n) is 10.0. The van der Waals surface area contributed by atoms with Gasteiger partial charge < -0.3 is 14.6 Å². The molecule has 9 heteroatoms. The number of rotatable bonds is 4. The summed E-state index contributed by atoms with van der Waals surface area (Å²) in [7, 11) is 0. The number of carbonyl (C=O) groups excluding carboxylic acids is 1. The van der Waals surface area contributed by atoms with E-state index in [-0.39, 0.29) is 17.1 Å². The van der Waals surface area contributed by atoms with Gasteiger partial charge in [-0.05, 0) is 55.2 Å². The molecule has 32 heavy (non-hydrogen) atoms. The number of aliphatic hydroxyl groups is 1. The zero-order valence-electron chi connectivity index (χ0n) is 16.6. The third-order valence-corrected chi connectivity index (χ3v) is 6.37. The number of hydrogen-bond donors (Lipinski definition) is 2. The Morgan fingerprint density at radius 1 is 1.09 bits per heavy atom. The number of pyridine rings is 1. The van der Waals surface area contributed by atoms with Crippen LogP contribution in [0.1, 0.15) is 52.4 Å². The van der Waals surface area contributed by atoms with E-state index >= 15 is 0 Å². The molecule has 0 radical (unpaired) electrons.